The molecule has 0 aliphatic heterocycles. The van der Waals surface area contributed by atoms with Crippen LogP contribution < -0.4 is 4.72 Å². The van der Waals surface area contributed by atoms with Crippen LogP contribution >= 0.6 is 15.9 Å². The molecule has 3 nitrogen and oxygen atoms in total. The summed E-state index contributed by atoms with van der Waals surface area (Å²) in [7, 11) is -3.48. The molecular formula is C14H22BrNO2S. The highest BCUT2D eigenvalue weighted by molar-refractivity contribution is 9.10. The first-order valence-corrected chi connectivity index (χ1v) is 8.49. The molecule has 0 aliphatic carbocycles. The van der Waals surface area contributed by atoms with Crippen molar-refractivity contribution in [3.05, 3.63) is 28.7 Å². The fourth-order valence-electron chi connectivity index (χ4n) is 2.40. The fraction of sp³-hybridized carbons (Fsp3) is 0.571. The van der Waals surface area contributed by atoms with E-state index in [0.29, 0.717) is 0 Å². The molecule has 5 heteroatoms. The normalized spacial score (nSPS) is 13.6. The van der Waals surface area contributed by atoms with Gasteiger partial charge in [0.2, 0.25) is 10.0 Å². The van der Waals surface area contributed by atoms with Crippen molar-refractivity contribution in [1.29, 1.82) is 0 Å². The Morgan fingerprint density at radius 3 is 1.95 bits per heavy atom. The molecule has 0 amide bonds. The third kappa shape index (κ3) is 5.63. The number of hydrogen-bond acceptors (Lipinski definition) is 2. The van der Waals surface area contributed by atoms with Gasteiger partial charge in [-0.25, -0.2) is 13.1 Å². The van der Waals surface area contributed by atoms with Crippen molar-refractivity contribution in [2.45, 2.75) is 51.5 Å². The first-order chi connectivity index (χ1) is 8.41. The first kappa shape index (κ1) is 16.7. The van der Waals surface area contributed by atoms with Crippen molar-refractivity contribution in [2.24, 2.45) is 5.41 Å². The maximum atomic E-state index is 12.3. The van der Waals surface area contributed by atoms with Crippen LogP contribution in [0.15, 0.2) is 33.6 Å². The first-order valence-electron chi connectivity index (χ1n) is 6.21. The van der Waals surface area contributed by atoms with Crippen LogP contribution in [0.1, 0.15) is 41.0 Å². The molecule has 108 valence electrons. The minimum Gasteiger partial charge on any atom is -0.207 e. The highest BCUT2D eigenvalue weighted by Crippen LogP contribution is 2.28. The second-order valence-corrected chi connectivity index (χ2v) is 9.28. The van der Waals surface area contributed by atoms with Gasteiger partial charge in [0.15, 0.2) is 0 Å². The van der Waals surface area contributed by atoms with Gasteiger partial charge in [-0.1, -0.05) is 36.7 Å². The molecule has 0 atom stereocenters. The number of hydrogen-bond donors (Lipinski definition) is 1. The van der Waals surface area contributed by atoms with Crippen LogP contribution in [0.5, 0.6) is 0 Å². The predicted molar refractivity (Wildman–Crippen MR) is 82.6 cm³/mol. The second kappa shape index (κ2) is 5.54. The number of nitrogens with one attached hydrogen (secondary N) is 1. The van der Waals surface area contributed by atoms with E-state index in [1.807, 2.05) is 13.8 Å². The standard InChI is InChI=1S/C14H22BrNO2S/c1-13(2,3)10-14(4,5)16-19(17,18)12-8-6-11(15)7-9-12/h6-9,16H,10H2,1-5H3. The van der Waals surface area contributed by atoms with Crippen LogP contribution in [0.3, 0.4) is 0 Å². The molecule has 1 rings (SSSR count). The quantitative estimate of drug-likeness (QED) is 0.896. The van der Waals surface area contributed by atoms with Crippen LogP contribution in [0.4, 0.5) is 0 Å². The molecule has 0 saturated carbocycles. The molecule has 0 aromatic heterocycles. The number of benzene rings is 1. The van der Waals surface area contributed by atoms with Gasteiger partial charge in [0.25, 0.3) is 0 Å². The summed E-state index contributed by atoms with van der Waals surface area (Å²) in [4.78, 5) is 0.290. The van der Waals surface area contributed by atoms with Crippen molar-refractivity contribution < 1.29 is 8.42 Å². The van der Waals surface area contributed by atoms with E-state index >= 15 is 0 Å². The zero-order valence-electron chi connectivity index (χ0n) is 12.1. The average molecular weight is 348 g/mol. The molecule has 1 aromatic carbocycles. The minimum atomic E-state index is -3.48. The molecule has 0 spiro atoms. The van der Waals surface area contributed by atoms with Gasteiger partial charge in [0.1, 0.15) is 0 Å². The average Bonchev–Trinajstić information content (AvgIpc) is 2.11. The van der Waals surface area contributed by atoms with Crippen LogP contribution in [-0.2, 0) is 10.0 Å². The third-order valence-corrected chi connectivity index (χ3v) is 4.75. The number of sulfonamides is 1. The topological polar surface area (TPSA) is 46.2 Å². The van der Waals surface area contributed by atoms with E-state index in [1.165, 1.54) is 0 Å². The van der Waals surface area contributed by atoms with E-state index in [2.05, 4.69) is 41.4 Å². The lowest BCUT2D eigenvalue weighted by atomic mass is 9.82. The van der Waals surface area contributed by atoms with E-state index in [0.717, 1.165) is 10.9 Å². The molecule has 19 heavy (non-hydrogen) atoms. The van der Waals surface area contributed by atoms with Gasteiger partial charge < -0.3 is 0 Å². The summed E-state index contributed by atoms with van der Waals surface area (Å²) in [5, 5.41) is 0. The summed E-state index contributed by atoms with van der Waals surface area (Å²) in [6.45, 7) is 10.1. The molecule has 0 unspecified atom stereocenters. The molecule has 0 bridgehead atoms. The molecular weight excluding hydrogens is 326 g/mol. The highest BCUT2D eigenvalue weighted by atomic mass is 79.9. The summed E-state index contributed by atoms with van der Waals surface area (Å²) >= 11 is 3.30. The molecule has 0 radical (unpaired) electrons. The van der Waals surface area contributed by atoms with E-state index in [-0.39, 0.29) is 10.3 Å². The number of rotatable bonds is 4. The maximum absolute atomic E-state index is 12.3. The lowest BCUT2D eigenvalue weighted by Crippen LogP contribution is -2.45. The molecule has 0 fully saturated rings. The van der Waals surface area contributed by atoms with E-state index in [1.54, 1.807) is 24.3 Å². The van der Waals surface area contributed by atoms with Gasteiger partial charge in [-0.05, 0) is 49.9 Å². The van der Waals surface area contributed by atoms with Gasteiger partial charge in [-0.15, -0.1) is 0 Å². The Morgan fingerprint density at radius 2 is 1.53 bits per heavy atom. The largest absolute Gasteiger partial charge is 0.241 e. The second-order valence-electron chi connectivity index (χ2n) is 6.68. The Morgan fingerprint density at radius 1 is 1.05 bits per heavy atom. The van der Waals surface area contributed by atoms with Crippen LogP contribution in [-0.4, -0.2) is 14.0 Å². The summed E-state index contributed by atoms with van der Waals surface area (Å²) < 4.78 is 28.3. The monoisotopic (exact) mass is 347 g/mol. The van der Waals surface area contributed by atoms with Crippen molar-refractivity contribution in [1.82, 2.24) is 4.72 Å². The Balaban J connectivity index is 2.94. The van der Waals surface area contributed by atoms with Gasteiger partial charge in [-0.3, -0.25) is 0 Å². The van der Waals surface area contributed by atoms with Gasteiger partial charge in [0, 0.05) is 10.0 Å². The van der Waals surface area contributed by atoms with E-state index in [4.69, 9.17) is 0 Å². The minimum absolute atomic E-state index is 0.0612. The molecule has 1 N–H and O–H groups in total. The summed E-state index contributed by atoms with van der Waals surface area (Å²) in [6.07, 6.45) is 0.760. The lowest BCUT2D eigenvalue weighted by Gasteiger charge is -2.32. The van der Waals surface area contributed by atoms with Crippen molar-refractivity contribution in [3.8, 4) is 0 Å². The predicted octanol–water partition coefficient (Wildman–Crippen LogP) is 3.94. The van der Waals surface area contributed by atoms with Crippen LogP contribution in [0.25, 0.3) is 0 Å². The van der Waals surface area contributed by atoms with Crippen molar-refractivity contribution in [2.75, 3.05) is 0 Å². The molecule has 0 aliphatic rings. The van der Waals surface area contributed by atoms with Gasteiger partial charge in [-0.2, -0.15) is 0 Å². The number of halogens is 1. The Bertz CT molecular complexity index is 528. The summed E-state index contributed by atoms with van der Waals surface area (Å²) in [6, 6.07) is 6.65. The molecule has 1 aromatic rings. The summed E-state index contributed by atoms with van der Waals surface area (Å²) in [5.74, 6) is 0. The van der Waals surface area contributed by atoms with Gasteiger partial charge >= 0.3 is 0 Å². The SMILES string of the molecule is CC(C)(C)CC(C)(C)NS(=O)(=O)c1ccc(Br)cc1. The Labute approximate surface area is 125 Å². The molecule has 0 saturated heterocycles. The lowest BCUT2D eigenvalue weighted by molar-refractivity contribution is 0.269. The van der Waals surface area contributed by atoms with Crippen molar-refractivity contribution in [3.63, 3.8) is 0 Å². The Hall–Kier alpha value is -0.390. The van der Waals surface area contributed by atoms with Crippen LogP contribution in [0.2, 0.25) is 0 Å². The van der Waals surface area contributed by atoms with E-state index < -0.39 is 15.6 Å². The zero-order chi connectivity index (χ0) is 14.9. The summed E-state index contributed by atoms with van der Waals surface area (Å²) in [5.41, 5.74) is -0.421. The highest BCUT2D eigenvalue weighted by Gasteiger charge is 2.30. The van der Waals surface area contributed by atoms with E-state index in [9.17, 15) is 8.42 Å². The third-order valence-electron chi connectivity index (χ3n) is 2.51. The molecule has 0 heterocycles. The maximum Gasteiger partial charge on any atom is 0.241 e. The smallest absolute Gasteiger partial charge is 0.207 e. The van der Waals surface area contributed by atoms with Crippen LogP contribution in [0, 0.1) is 5.41 Å². The fourth-order valence-corrected chi connectivity index (χ4v) is 4.07. The van der Waals surface area contributed by atoms with Gasteiger partial charge in [0.05, 0.1) is 4.90 Å². The van der Waals surface area contributed by atoms with Crippen molar-refractivity contribution >= 4 is 26.0 Å². The Kier molecular flexibility index (Phi) is 4.86. The zero-order valence-corrected chi connectivity index (χ0v) is 14.5.